The molecule has 0 aliphatic carbocycles. The van der Waals surface area contributed by atoms with E-state index in [1.54, 1.807) is 0 Å². The summed E-state index contributed by atoms with van der Waals surface area (Å²) in [6.45, 7) is 96.8. The van der Waals surface area contributed by atoms with Crippen LogP contribution in [-0.2, 0) is 22.6 Å². The highest BCUT2D eigenvalue weighted by Gasteiger charge is 2.35. The Balaban J connectivity index is 0.000000238. The first-order valence-corrected chi connectivity index (χ1v) is 57.8. The molecule has 4 unspecified atom stereocenters. The lowest BCUT2D eigenvalue weighted by Crippen LogP contribution is -2.53. The summed E-state index contributed by atoms with van der Waals surface area (Å²) < 4.78 is 10.8. The maximum Gasteiger partial charge on any atom is 0.0594 e. The minimum absolute atomic E-state index is 0.699. The number of morpholine rings is 2. The van der Waals surface area contributed by atoms with Crippen molar-refractivity contribution in [3.63, 3.8) is 0 Å². The zero-order chi connectivity index (χ0) is 102. The Bertz CT molecular complexity index is 3180. The summed E-state index contributed by atoms with van der Waals surface area (Å²) in [6, 6.07) is 33.7. The van der Waals surface area contributed by atoms with Crippen molar-refractivity contribution < 1.29 is 9.47 Å². The van der Waals surface area contributed by atoms with Crippen LogP contribution in [0.3, 0.4) is 0 Å². The van der Waals surface area contributed by atoms with E-state index in [0.717, 1.165) is 174 Å². The highest BCUT2D eigenvalue weighted by molar-refractivity contribution is 5.15. The van der Waals surface area contributed by atoms with Gasteiger partial charge in [0.2, 0.25) is 0 Å². The van der Waals surface area contributed by atoms with Crippen LogP contribution >= 0.6 is 0 Å². The second-order valence-corrected chi connectivity index (χ2v) is 48.2. The monoisotopic (exact) mass is 1950 g/mol. The molecule has 0 spiro atoms. The van der Waals surface area contributed by atoms with E-state index < -0.39 is 0 Å². The van der Waals surface area contributed by atoms with Gasteiger partial charge in [-0.2, -0.15) is 0 Å². The number of piperidine rings is 5. The maximum absolute atomic E-state index is 5.40. The zero-order valence-electron chi connectivity index (χ0n) is 97.6. The molecular weight excluding hydrogens is 1720 g/mol. The molecule has 15 rings (SSSR count). The Morgan fingerprint density at radius 1 is 0.273 bits per heavy atom. The molecular formula is C117H232N20O2. The third-order valence-corrected chi connectivity index (χ3v) is 33.3. The van der Waals surface area contributed by atoms with Crippen molar-refractivity contribution in [3.8, 4) is 0 Å². The van der Waals surface area contributed by atoms with Crippen LogP contribution in [0.5, 0.6) is 0 Å². The van der Waals surface area contributed by atoms with Gasteiger partial charge < -0.3 is 87.9 Å². The maximum atomic E-state index is 5.40. The van der Waals surface area contributed by atoms with Crippen LogP contribution in [0.4, 0.5) is 0 Å². The molecule has 13 aliphatic rings. The first-order chi connectivity index (χ1) is 66.2. The Hall–Kier alpha value is -2.44. The summed E-state index contributed by atoms with van der Waals surface area (Å²) in [5, 5.41) is 0. The molecule has 0 amide bonds. The number of benzene rings is 2. The lowest BCUT2D eigenvalue weighted by molar-refractivity contribution is -0.00175. The van der Waals surface area contributed by atoms with E-state index in [1.807, 2.05) is 0 Å². The molecule has 4 atom stereocenters. The molecule has 22 nitrogen and oxygen atoms in total. The van der Waals surface area contributed by atoms with Crippen molar-refractivity contribution in [1.29, 1.82) is 0 Å². The molecule has 2 aromatic rings. The summed E-state index contributed by atoms with van der Waals surface area (Å²) in [6.07, 6.45) is 20.4. The number of likely N-dealkylation sites (N-methyl/N-ethyl adjacent to an activating group) is 1. The lowest BCUT2D eigenvalue weighted by Gasteiger charge is -2.43. The van der Waals surface area contributed by atoms with Crippen LogP contribution in [0.2, 0.25) is 0 Å². The molecule has 22 heteroatoms. The predicted molar refractivity (Wildman–Crippen MR) is 602 cm³/mol. The average Bonchev–Trinajstić information content (AvgIpc) is 1.69. The van der Waals surface area contributed by atoms with Crippen molar-refractivity contribution in [2.24, 2.45) is 23.7 Å². The number of nitrogens with zero attached hydrogens (tertiary/aromatic N) is 20. The number of rotatable bonds is 30. The number of likely N-dealkylation sites (tertiary alicyclic amines) is 11. The molecule has 13 fully saturated rings. The van der Waals surface area contributed by atoms with Crippen molar-refractivity contribution >= 4 is 0 Å². The lowest BCUT2D eigenvalue weighted by atomic mass is 9.98. The topological polar surface area (TPSA) is 83.3 Å². The smallest absolute Gasteiger partial charge is 0.0594 e. The molecule has 0 N–H and O–H groups in total. The summed E-state index contributed by atoms with van der Waals surface area (Å²) in [4.78, 5) is 50.5. The van der Waals surface area contributed by atoms with Gasteiger partial charge in [0.25, 0.3) is 0 Å². The summed E-state index contributed by atoms with van der Waals surface area (Å²) in [5.74, 6) is 3.57. The van der Waals surface area contributed by atoms with Gasteiger partial charge in [0.15, 0.2) is 0 Å². The van der Waals surface area contributed by atoms with E-state index in [-0.39, 0.29) is 0 Å². The normalized spacial score (nSPS) is 24.1. The molecule has 0 saturated carbocycles. The fourth-order valence-corrected chi connectivity index (χ4v) is 23.3. The van der Waals surface area contributed by atoms with Gasteiger partial charge in [0.05, 0.1) is 26.4 Å². The Labute approximate surface area is 862 Å². The van der Waals surface area contributed by atoms with Crippen molar-refractivity contribution in [1.82, 2.24) is 98.0 Å². The first kappa shape index (κ1) is 125. The van der Waals surface area contributed by atoms with Gasteiger partial charge in [0.1, 0.15) is 0 Å². The quantitative estimate of drug-likeness (QED) is 0.0743. The largest absolute Gasteiger partial charge is 0.379 e. The van der Waals surface area contributed by atoms with Crippen LogP contribution < -0.4 is 0 Å². The predicted octanol–water partition coefficient (Wildman–Crippen LogP) is 16.5. The van der Waals surface area contributed by atoms with Crippen LogP contribution in [0.1, 0.15) is 260 Å². The summed E-state index contributed by atoms with van der Waals surface area (Å²) in [5.41, 5.74) is 2.84. The molecule has 0 radical (unpaired) electrons. The molecule has 13 saturated heterocycles. The number of hydrogen-bond donors (Lipinski definition) is 0. The Kier molecular flexibility index (Phi) is 62.2. The number of ether oxygens (including phenoxy) is 2. The third kappa shape index (κ3) is 49.3. The van der Waals surface area contributed by atoms with Crippen molar-refractivity contribution in [3.05, 3.63) is 71.8 Å². The third-order valence-electron chi connectivity index (χ3n) is 33.3. The van der Waals surface area contributed by atoms with Crippen molar-refractivity contribution in [2.75, 3.05) is 306 Å². The zero-order valence-corrected chi connectivity index (χ0v) is 97.6. The first-order valence-electron chi connectivity index (χ1n) is 57.8. The summed E-state index contributed by atoms with van der Waals surface area (Å²) >= 11 is 0. The van der Waals surface area contributed by atoms with Gasteiger partial charge in [-0.25, -0.2) is 0 Å². The van der Waals surface area contributed by atoms with E-state index in [1.165, 1.54) is 291 Å². The van der Waals surface area contributed by atoms with Gasteiger partial charge in [-0.05, 0) is 451 Å². The molecule has 2 aromatic carbocycles. The molecule has 0 bridgehead atoms. The fraction of sp³-hybridized carbons (Fsp3) is 0.897. The molecule has 812 valence electrons. The van der Waals surface area contributed by atoms with E-state index in [0.29, 0.717) is 12.1 Å². The van der Waals surface area contributed by atoms with Crippen LogP contribution in [0.25, 0.3) is 0 Å². The van der Waals surface area contributed by atoms with E-state index in [9.17, 15) is 0 Å². The standard InChI is InChI=1S/2C16H26N2.2C12H24N2O.C12H26N2.C11H22N2.2C10H22N2.2C9H20N2/c1-14(2)18-11-9-16(10-12-18)17(3)13-15-7-5-4-6-8-15;1-14(2)18-10-9-16(13-18)12-17(3)11-15-7-5-4-6-8-15;1-11(2)13-5-3-12(4-6-13)14-7-9-15-10-8-14;1-11(2)14-4-3-12(10-14)9-13-5-7-15-8-6-13;1-5-13(6-2)12-7-9-14(10-8-12)11(3)4;1-10(2)12-8-4-11(5-9-12)13-6-3-7-13;1-9(2)12-7-5-10(6-8-12)11(3)4;1-9(2)12-6-5-10(8-12)7-11(3)4;1-8(2)11-6-9(7-11)5-10(3)4;1-8(2)11-6-5-9(7-11)10(3)4/h2*4-8,14,16H,9-13H2,1-3H3;2*11-12H,3-10H2,1-2H3;11-12H,5-10H2,1-4H3;10-11H,3-9H2,1-2H3;2*9-10H,5-8H2,1-4H3;2*8-9H,5-7H2,1-4H3. The Morgan fingerprint density at radius 2 is 0.568 bits per heavy atom. The molecule has 0 aromatic heterocycles. The van der Waals surface area contributed by atoms with Crippen LogP contribution in [-0.4, -0.2) is 501 Å². The molecule has 13 aliphatic heterocycles. The highest BCUT2D eigenvalue weighted by atomic mass is 16.5. The van der Waals surface area contributed by atoms with E-state index in [2.05, 4.69) is 381 Å². The van der Waals surface area contributed by atoms with Gasteiger partial charge in [-0.15, -0.1) is 0 Å². The Morgan fingerprint density at radius 3 is 0.906 bits per heavy atom. The van der Waals surface area contributed by atoms with Gasteiger partial charge >= 0.3 is 0 Å². The van der Waals surface area contributed by atoms with Gasteiger partial charge in [-0.1, -0.05) is 74.5 Å². The second kappa shape index (κ2) is 69.0. The fourth-order valence-electron chi connectivity index (χ4n) is 23.3. The minimum Gasteiger partial charge on any atom is -0.379 e. The van der Waals surface area contributed by atoms with Gasteiger partial charge in [-0.3, -0.25) is 19.6 Å². The van der Waals surface area contributed by atoms with E-state index >= 15 is 0 Å². The van der Waals surface area contributed by atoms with Crippen molar-refractivity contribution in [2.45, 2.75) is 358 Å². The van der Waals surface area contributed by atoms with E-state index in [4.69, 9.17) is 9.47 Å². The van der Waals surface area contributed by atoms with Crippen LogP contribution in [0.15, 0.2) is 60.7 Å². The highest BCUT2D eigenvalue weighted by Crippen LogP contribution is 2.29. The van der Waals surface area contributed by atoms with Crippen LogP contribution in [0, 0.1) is 23.7 Å². The number of hydrogen-bond acceptors (Lipinski definition) is 22. The molecule has 13 heterocycles. The minimum atomic E-state index is 0.699. The van der Waals surface area contributed by atoms with Gasteiger partial charge in [0, 0.05) is 208 Å². The second-order valence-electron chi connectivity index (χ2n) is 48.2. The summed E-state index contributed by atoms with van der Waals surface area (Å²) in [7, 11) is 21.9. The average molecular weight is 1950 g/mol. The molecule has 139 heavy (non-hydrogen) atoms. The SMILES string of the molecule is CC(C)N1CC(CN(C)C)C1.CC(C)N1CCC(CN(C)C)C1.CC(C)N1CCC(CN(C)Cc2ccccc2)C1.CC(C)N1CCC(CN2CCOCC2)C1.CC(C)N1CCC(N(C)C)C1.CC(C)N1CCC(N(C)C)CC1.CC(C)N1CCC(N(C)Cc2ccccc2)CC1.CC(C)N1CCC(N2CCC2)CC1.CC(C)N1CCC(N2CCOCC2)CC1.CCN(CC)C1CCN(C(C)C)CC1.